The summed E-state index contributed by atoms with van der Waals surface area (Å²) in [6, 6.07) is 52.4. The van der Waals surface area contributed by atoms with Crippen molar-refractivity contribution in [1.82, 2.24) is 9.97 Å². The van der Waals surface area contributed by atoms with Crippen molar-refractivity contribution in [2.75, 3.05) is 0 Å². The first-order valence-corrected chi connectivity index (χ1v) is 24.9. The standard InChI is InChI=1S/C54H52N2Si/c1-57(2,3)47-26-22-37(23-27-47)40-24-28-48-49-29-25-41(32-51(49)54(50(48)31-40,45-18-10-11-19-45)46-20-12-13-21-46)43-30-44(36-55-35-43)42-33-52(38-14-6-4-7-15-38)56-53(34-42)39-16-8-5-9-17-39/h4-9,14-17,22-36,45-46H,10-13,18-21H2,1-3H3. The Hall–Kier alpha value is -5.38. The minimum Gasteiger partial charge on any atom is -0.263 e. The van der Waals surface area contributed by atoms with Crippen molar-refractivity contribution < 1.29 is 0 Å². The van der Waals surface area contributed by atoms with Gasteiger partial charge in [0.1, 0.15) is 0 Å². The monoisotopic (exact) mass is 756 g/mol. The molecule has 57 heavy (non-hydrogen) atoms. The molecule has 10 rings (SSSR count). The van der Waals surface area contributed by atoms with Gasteiger partial charge in [-0.2, -0.15) is 0 Å². The van der Waals surface area contributed by atoms with Crippen LogP contribution in [0.25, 0.3) is 67.0 Å². The Kier molecular flexibility index (Phi) is 9.17. The lowest BCUT2D eigenvalue weighted by molar-refractivity contribution is 0.223. The number of hydrogen-bond donors (Lipinski definition) is 0. The molecule has 3 aliphatic rings. The highest BCUT2D eigenvalue weighted by atomic mass is 28.3. The number of rotatable bonds is 8. The highest BCUT2D eigenvalue weighted by molar-refractivity contribution is 6.88. The van der Waals surface area contributed by atoms with Crippen LogP contribution < -0.4 is 5.19 Å². The predicted molar refractivity (Wildman–Crippen MR) is 242 cm³/mol. The van der Waals surface area contributed by atoms with Gasteiger partial charge < -0.3 is 0 Å². The lowest BCUT2D eigenvalue weighted by Crippen LogP contribution is -2.40. The molecule has 0 aliphatic heterocycles. The first-order chi connectivity index (χ1) is 27.9. The minimum atomic E-state index is -1.37. The molecule has 282 valence electrons. The molecule has 3 aliphatic carbocycles. The molecule has 0 spiro atoms. The third-order valence-electron chi connectivity index (χ3n) is 13.7. The van der Waals surface area contributed by atoms with Crippen molar-refractivity contribution in [3.8, 4) is 67.0 Å². The molecule has 5 aromatic carbocycles. The lowest BCUT2D eigenvalue weighted by atomic mass is 9.59. The van der Waals surface area contributed by atoms with Gasteiger partial charge in [0, 0.05) is 40.1 Å². The Bertz CT molecular complexity index is 2480. The van der Waals surface area contributed by atoms with E-state index in [1.165, 1.54) is 89.9 Å². The summed E-state index contributed by atoms with van der Waals surface area (Å²) >= 11 is 0. The summed E-state index contributed by atoms with van der Waals surface area (Å²) in [5.41, 5.74) is 17.7. The van der Waals surface area contributed by atoms with E-state index in [2.05, 4.69) is 165 Å². The van der Waals surface area contributed by atoms with Crippen molar-refractivity contribution >= 4 is 13.3 Å². The third kappa shape index (κ3) is 6.41. The largest absolute Gasteiger partial charge is 0.263 e. The summed E-state index contributed by atoms with van der Waals surface area (Å²) in [4.78, 5) is 10.1. The van der Waals surface area contributed by atoms with Crippen molar-refractivity contribution in [3.05, 3.63) is 163 Å². The summed E-state index contributed by atoms with van der Waals surface area (Å²) in [6.45, 7) is 7.32. The number of pyridine rings is 2. The summed E-state index contributed by atoms with van der Waals surface area (Å²) in [5, 5.41) is 1.52. The van der Waals surface area contributed by atoms with Crippen molar-refractivity contribution in [2.24, 2.45) is 11.8 Å². The summed E-state index contributed by atoms with van der Waals surface area (Å²) < 4.78 is 0. The van der Waals surface area contributed by atoms with E-state index in [1.54, 1.807) is 11.1 Å². The van der Waals surface area contributed by atoms with E-state index in [0.717, 1.165) is 33.6 Å². The maximum absolute atomic E-state index is 5.15. The predicted octanol–water partition coefficient (Wildman–Crippen LogP) is 14.0. The molecule has 0 saturated heterocycles. The topological polar surface area (TPSA) is 25.8 Å². The number of benzene rings is 5. The van der Waals surface area contributed by atoms with Gasteiger partial charge in [0.15, 0.2) is 0 Å². The molecule has 3 heteroatoms. The van der Waals surface area contributed by atoms with Gasteiger partial charge >= 0.3 is 0 Å². The zero-order valence-electron chi connectivity index (χ0n) is 33.6. The second kappa shape index (κ2) is 14.5. The first kappa shape index (κ1) is 36.0. The van der Waals surface area contributed by atoms with Gasteiger partial charge in [0.2, 0.25) is 0 Å². The van der Waals surface area contributed by atoms with E-state index in [1.807, 2.05) is 6.20 Å². The molecule has 2 nitrogen and oxygen atoms in total. The molecule has 0 amide bonds. The van der Waals surface area contributed by atoms with Gasteiger partial charge in [-0.05, 0) is 112 Å². The molecular weight excluding hydrogens is 705 g/mol. The van der Waals surface area contributed by atoms with Crippen LogP contribution in [0.2, 0.25) is 19.6 Å². The molecule has 2 fully saturated rings. The average molecular weight is 757 g/mol. The highest BCUT2D eigenvalue weighted by Gasteiger charge is 2.54. The van der Waals surface area contributed by atoms with Crippen LogP contribution in [0.3, 0.4) is 0 Å². The van der Waals surface area contributed by atoms with E-state index >= 15 is 0 Å². The molecule has 0 bridgehead atoms. The van der Waals surface area contributed by atoms with Crippen LogP contribution in [-0.4, -0.2) is 18.0 Å². The van der Waals surface area contributed by atoms with Crippen LogP contribution in [0.5, 0.6) is 0 Å². The van der Waals surface area contributed by atoms with Crippen molar-refractivity contribution in [2.45, 2.75) is 76.4 Å². The maximum atomic E-state index is 5.15. The van der Waals surface area contributed by atoms with Crippen molar-refractivity contribution in [3.63, 3.8) is 0 Å². The van der Waals surface area contributed by atoms with E-state index < -0.39 is 8.07 Å². The molecule has 0 atom stereocenters. The quantitative estimate of drug-likeness (QED) is 0.144. The van der Waals surface area contributed by atoms with E-state index in [0.29, 0.717) is 11.8 Å². The second-order valence-corrected chi connectivity index (χ2v) is 23.1. The molecule has 2 heterocycles. The first-order valence-electron chi connectivity index (χ1n) is 21.4. The fourth-order valence-electron chi connectivity index (χ4n) is 10.9. The van der Waals surface area contributed by atoms with E-state index in [4.69, 9.17) is 9.97 Å². The Labute approximate surface area is 340 Å². The molecule has 0 unspecified atom stereocenters. The molecular formula is C54H52N2Si. The third-order valence-corrected chi connectivity index (χ3v) is 15.7. The minimum absolute atomic E-state index is 0.0350. The molecule has 2 saturated carbocycles. The lowest BCUT2D eigenvalue weighted by Gasteiger charge is -2.44. The second-order valence-electron chi connectivity index (χ2n) is 18.0. The number of aromatic nitrogens is 2. The van der Waals surface area contributed by atoms with Gasteiger partial charge in [-0.1, -0.05) is 160 Å². The SMILES string of the molecule is C[Si](C)(C)c1ccc(-c2ccc3c(c2)C(C2CCCC2)(C2CCCC2)c2cc(-c4cncc(-c5cc(-c6ccccc6)nc(-c6ccccc6)c5)c4)ccc2-3)cc1. The van der Waals surface area contributed by atoms with Gasteiger partial charge in [-0.25, -0.2) is 4.98 Å². The zero-order valence-corrected chi connectivity index (χ0v) is 34.6. The van der Waals surface area contributed by atoms with Crippen LogP contribution >= 0.6 is 0 Å². The van der Waals surface area contributed by atoms with Crippen LogP contribution in [0.15, 0.2) is 152 Å². The van der Waals surface area contributed by atoms with E-state index in [-0.39, 0.29) is 5.41 Å². The molecule has 0 N–H and O–H groups in total. The van der Waals surface area contributed by atoms with Crippen LogP contribution in [0.1, 0.15) is 62.5 Å². The number of hydrogen-bond acceptors (Lipinski definition) is 2. The highest BCUT2D eigenvalue weighted by Crippen LogP contribution is 2.63. The maximum Gasteiger partial charge on any atom is 0.0775 e. The van der Waals surface area contributed by atoms with Gasteiger partial charge in [0.05, 0.1) is 19.5 Å². The van der Waals surface area contributed by atoms with Crippen LogP contribution in [0.4, 0.5) is 0 Å². The molecule has 0 radical (unpaired) electrons. The normalized spacial score (nSPS) is 16.5. The number of nitrogens with zero attached hydrogens (tertiary/aromatic N) is 2. The Morgan fingerprint density at radius 3 is 1.39 bits per heavy atom. The average Bonchev–Trinajstić information content (AvgIpc) is 4.05. The zero-order chi connectivity index (χ0) is 38.6. The van der Waals surface area contributed by atoms with Crippen LogP contribution in [0, 0.1) is 11.8 Å². The fraction of sp³-hybridized carbons (Fsp3) is 0.259. The smallest absolute Gasteiger partial charge is 0.0775 e. The van der Waals surface area contributed by atoms with E-state index in [9.17, 15) is 0 Å². The Balaban J connectivity index is 1.10. The Morgan fingerprint density at radius 1 is 0.439 bits per heavy atom. The summed E-state index contributed by atoms with van der Waals surface area (Å²) in [5.74, 6) is 1.32. The van der Waals surface area contributed by atoms with Crippen LogP contribution in [-0.2, 0) is 5.41 Å². The summed E-state index contributed by atoms with van der Waals surface area (Å²) in [7, 11) is -1.37. The van der Waals surface area contributed by atoms with Crippen molar-refractivity contribution in [1.29, 1.82) is 0 Å². The fourth-order valence-corrected chi connectivity index (χ4v) is 12.0. The molecule has 7 aromatic rings. The van der Waals surface area contributed by atoms with Gasteiger partial charge in [-0.3, -0.25) is 4.98 Å². The number of fused-ring (bicyclic) bond motifs is 3. The van der Waals surface area contributed by atoms with Gasteiger partial charge in [-0.15, -0.1) is 0 Å². The van der Waals surface area contributed by atoms with Gasteiger partial charge in [0.25, 0.3) is 0 Å². The summed E-state index contributed by atoms with van der Waals surface area (Å²) in [6.07, 6.45) is 14.7. The Morgan fingerprint density at radius 2 is 0.895 bits per heavy atom. The molecule has 2 aromatic heterocycles.